The molecule has 14 heteroatoms. The van der Waals surface area contributed by atoms with Crippen LogP contribution in [-0.4, -0.2) is 66.2 Å². The molecule has 1 aromatic carbocycles. The molecule has 0 aliphatic heterocycles. The van der Waals surface area contributed by atoms with Gasteiger partial charge in [0, 0.05) is 23.4 Å². The first-order chi connectivity index (χ1) is 19.3. The lowest BCUT2D eigenvalue weighted by Gasteiger charge is -2.32. The summed E-state index contributed by atoms with van der Waals surface area (Å²) in [4.78, 5) is 23.6. The lowest BCUT2D eigenvalue weighted by Crippen LogP contribution is -2.51. The first kappa shape index (κ1) is 31.9. The zero-order chi connectivity index (χ0) is 30.4. The van der Waals surface area contributed by atoms with Crippen LogP contribution in [0.15, 0.2) is 48.7 Å². The van der Waals surface area contributed by atoms with Crippen LogP contribution in [0.25, 0.3) is 11.3 Å². The Kier molecular flexibility index (Phi) is 10.0. The topological polar surface area (TPSA) is 135 Å². The number of nitrogens with zero attached hydrogens (tertiary/aromatic N) is 2. The molecule has 222 valence electrons. The molecule has 0 saturated carbocycles. The third-order valence-electron chi connectivity index (χ3n) is 6.20. The summed E-state index contributed by atoms with van der Waals surface area (Å²) in [5, 5.41) is 22.2. The number of halogens is 4. The summed E-state index contributed by atoms with van der Waals surface area (Å²) in [6.45, 7) is 1.71. The van der Waals surface area contributed by atoms with Gasteiger partial charge in [-0.25, -0.2) is 14.8 Å². The van der Waals surface area contributed by atoms with E-state index in [0.29, 0.717) is 5.56 Å². The maximum atomic E-state index is 14.5. The number of hydrogen-bond donors (Lipinski definition) is 4. The smallest absolute Gasteiger partial charge is 0.424 e. The van der Waals surface area contributed by atoms with Crippen LogP contribution in [0.2, 0.25) is 0 Å². The van der Waals surface area contributed by atoms with Gasteiger partial charge in [-0.15, -0.1) is 0 Å². The van der Waals surface area contributed by atoms with Crippen LogP contribution in [0.3, 0.4) is 0 Å². The molecule has 1 unspecified atom stereocenters. The van der Waals surface area contributed by atoms with Gasteiger partial charge < -0.3 is 29.7 Å². The lowest BCUT2D eigenvalue weighted by molar-refractivity contribution is -0.265. The van der Waals surface area contributed by atoms with Crippen LogP contribution >= 0.6 is 11.8 Å². The number of carbonyl (C=O) groups is 1. The van der Waals surface area contributed by atoms with Crippen molar-refractivity contribution in [2.45, 2.75) is 31.2 Å². The monoisotopic (exact) mass is 598 g/mol. The van der Waals surface area contributed by atoms with E-state index in [2.05, 4.69) is 20.1 Å². The number of nitrogens with one attached hydrogen (secondary N) is 2. The number of methoxy groups -OCH3 is 2. The van der Waals surface area contributed by atoms with E-state index in [-0.39, 0.29) is 47.4 Å². The Bertz CT molecular complexity index is 1360. The molecule has 1 amide bonds. The molecule has 4 N–H and O–H groups in total. The standard InChI is InChI=1S/C27H30ClF3N4O6/c1-25(2,35-28)18-12-19(17-6-8-23(40-4)32-14-17)34-22(13-18)26(38,27(29,30)31)15-33-24(37)16-5-7-20(41-10-9-36)21(11-16)39-3/h5-8,11-14,35-36,38H,9-10,15H2,1-4H3,(H,33,37). The van der Waals surface area contributed by atoms with Gasteiger partial charge >= 0.3 is 6.18 Å². The maximum absolute atomic E-state index is 14.5. The summed E-state index contributed by atoms with van der Waals surface area (Å²) in [6.07, 6.45) is -3.88. The molecule has 10 nitrogen and oxygen atoms in total. The SMILES string of the molecule is COc1ccc(-c2cc(C(C)(C)NCl)cc(C(O)(CNC(=O)c3ccc(OCCO)c(OC)c3)C(F)(F)F)n2)cn1. The fraction of sp³-hybridized carbons (Fsp3) is 0.370. The molecule has 0 fully saturated rings. The number of alkyl halides is 3. The van der Waals surface area contributed by atoms with Gasteiger partial charge in [-0.3, -0.25) is 4.79 Å². The molecule has 0 bridgehead atoms. The van der Waals surface area contributed by atoms with E-state index in [1.54, 1.807) is 19.9 Å². The number of aromatic nitrogens is 2. The Hall–Kier alpha value is -3.65. The first-order valence-corrected chi connectivity index (χ1v) is 12.6. The van der Waals surface area contributed by atoms with E-state index in [1.165, 1.54) is 50.7 Å². The average molecular weight is 599 g/mol. The van der Waals surface area contributed by atoms with Crippen LogP contribution in [0.4, 0.5) is 13.2 Å². The van der Waals surface area contributed by atoms with Gasteiger partial charge in [0.2, 0.25) is 11.5 Å². The third-order valence-corrected chi connectivity index (χ3v) is 6.67. The van der Waals surface area contributed by atoms with Gasteiger partial charge in [-0.1, -0.05) is 0 Å². The number of hydrogen-bond acceptors (Lipinski definition) is 9. The highest BCUT2D eigenvalue weighted by molar-refractivity contribution is 6.13. The molecule has 41 heavy (non-hydrogen) atoms. The van der Waals surface area contributed by atoms with E-state index in [1.807, 2.05) is 0 Å². The van der Waals surface area contributed by atoms with Crippen molar-refractivity contribution in [1.82, 2.24) is 20.1 Å². The predicted molar refractivity (Wildman–Crippen MR) is 144 cm³/mol. The van der Waals surface area contributed by atoms with E-state index in [0.717, 1.165) is 6.07 Å². The van der Waals surface area contributed by atoms with Gasteiger partial charge in [-0.2, -0.15) is 13.2 Å². The minimum atomic E-state index is -5.25. The zero-order valence-corrected chi connectivity index (χ0v) is 23.4. The molecule has 2 aromatic heterocycles. The Morgan fingerprint density at radius 2 is 1.78 bits per heavy atom. The quantitative estimate of drug-likeness (QED) is 0.230. The van der Waals surface area contributed by atoms with Gasteiger partial charge in [0.15, 0.2) is 11.5 Å². The van der Waals surface area contributed by atoms with Crippen LogP contribution in [-0.2, 0) is 11.1 Å². The molecule has 0 radical (unpaired) electrons. The minimum absolute atomic E-state index is 0.0306. The summed E-state index contributed by atoms with van der Waals surface area (Å²) < 4.78 is 59.0. The highest BCUT2D eigenvalue weighted by Gasteiger charge is 2.56. The van der Waals surface area contributed by atoms with Crippen molar-refractivity contribution >= 4 is 17.7 Å². The highest BCUT2D eigenvalue weighted by atomic mass is 35.5. The third kappa shape index (κ3) is 7.17. The Morgan fingerprint density at radius 3 is 2.34 bits per heavy atom. The number of aliphatic hydroxyl groups excluding tert-OH is 1. The fourth-order valence-corrected chi connectivity index (χ4v) is 3.80. The molecule has 0 aliphatic carbocycles. The molecule has 2 heterocycles. The van der Waals surface area contributed by atoms with Crippen molar-refractivity contribution in [3.8, 4) is 28.6 Å². The number of carbonyl (C=O) groups excluding carboxylic acids is 1. The Labute approximate surface area is 239 Å². The van der Waals surface area contributed by atoms with Crippen LogP contribution < -0.4 is 24.4 Å². The van der Waals surface area contributed by atoms with Crippen LogP contribution in [0.5, 0.6) is 17.4 Å². The minimum Gasteiger partial charge on any atom is -0.493 e. The molecular weight excluding hydrogens is 569 g/mol. The summed E-state index contributed by atoms with van der Waals surface area (Å²) in [7, 11) is 2.73. The van der Waals surface area contributed by atoms with Crippen LogP contribution in [0, 0.1) is 0 Å². The van der Waals surface area contributed by atoms with Crippen molar-refractivity contribution in [1.29, 1.82) is 0 Å². The van der Waals surface area contributed by atoms with Crippen molar-refractivity contribution in [2.75, 3.05) is 34.0 Å². The van der Waals surface area contributed by atoms with Gasteiger partial charge in [0.1, 0.15) is 6.61 Å². The maximum Gasteiger partial charge on any atom is 0.424 e. The summed E-state index contributed by atoms with van der Waals surface area (Å²) >= 11 is 5.88. The van der Waals surface area contributed by atoms with Crippen molar-refractivity contribution in [2.24, 2.45) is 0 Å². The van der Waals surface area contributed by atoms with Crippen LogP contribution in [0.1, 0.15) is 35.5 Å². The van der Waals surface area contributed by atoms with Crippen molar-refractivity contribution < 1.29 is 42.4 Å². The van der Waals surface area contributed by atoms with Gasteiger partial charge in [0.25, 0.3) is 5.91 Å². The summed E-state index contributed by atoms with van der Waals surface area (Å²) in [5.41, 5.74) is -4.75. The summed E-state index contributed by atoms with van der Waals surface area (Å²) in [6, 6.07) is 9.60. The average Bonchev–Trinajstić information content (AvgIpc) is 2.97. The molecule has 3 rings (SSSR count). The van der Waals surface area contributed by atoms with Crippen molar-refractivity contribution in [3.63, 3.8) is 0 Å². The van der Waals surface area contributed by atoms with E-state index < -0.39 is 35.5 Å². The second-order valence-corrected chi connectivity index (χ2v) is 9.60. The number of rotatable bonds is 12. The van der Waals surface area contributed by atoms with Crippen molar-refractivity contribution in [3.05, 3.63) is 65.5 Å². The van der Waals surface area contributed by atoms with Gasteiger partial charge in [0.05, 0.1) is 44.3 Å². The molecule has 1 atom stereocenters. The lowest BCUT2D eigenvalue weighted by atomic mass is 9.89. The largest absolute Gasteiger partial charge is 0.493 e. The normalized spacial score (nSPS) is 13.3. The first-order valence-electron chi connectivity index (χ1n) is 12.2. The predicted octanol–water partition coefficient (Wildman–Crippen LogP) is 3.69. The number of amides is 1. The Morgan fingerprint density at radius 1 is 1.05 bits per heavy atom. The molecule has 0 saturated heterocycles. The number of aliphatic hydroxyl groups is 2. The molecular formula is C27H30ClF3N4O6. The highest BCUT2D eigenvalue weighted by Crippen LogP contribution is 2.40. The summed E-state index contributed by atoms with van der Waals surface area (Å²) in [5.74, 6) is -0.285. The molecule has 3 aromatic rings. The number of benzene rings is 1. The fourth-order valence-electron chi connectivity index (χ4n) is 3.69. The number of ether oxygens (including phenoxy) is 3. The molecule has 0 aliphatic rings. The van der Waals surface area contributed by atoms with E-state index >= 15 is 0 Å². The second kappa shape index (κ2) is 12.9. The second-order valence-electron chi connectivity index (χ2n) is 9.41. The zero-order valence-electron chi connectivity index (χ0n) is 22.7. The number of pyridine rings is 2. The van der Waals surface area contributed by atoms with E-state index in [4.69, 9.17) is 31.1 Å². The molecule has 0 spiro atoms. The van der Waals surface area contributed by atoms with Gasteiger partial charge in [-0.05, 0) is 67.6 Å². The van der Waals surface area contributed by atoms with E-state index in [9.17, 15) is 23.1 Å². The Balaban J connectivity index is 2.02.